The van der Waals surface area contributed by atoms with E-state index >= 15 is 0 Å². The standard InChI is InChI=1S/C34H61N3O5S/c1-3-5-7-9-11-13-15-17-19-21-25-36(26-22-20-18-16-14-12-10-8-6-4-2)43(40,41)32-23-24-33(34(31-32)37(38)39)35-27-29-42-30-28-35/h23-24,31H,3-22,25-30H2,1-2H3. The molecule has 0 radical (unpaired) electrons. The first-order valence-corrected chi connectivity index (χ1v) is 19.0. The van der Waals surface area contributed by atoms with Gasteiger partial charge < -0.3 is 9.64 Å². The predicted octanol–water partition coefficient (Wildman–Crippen LogP) is 9.26. The molecule has 0 amide bonds. The molecule has 0 bridgehead atoms. The highest BCUT2D eigenvalue weighted by Crippen LogP contribution is 2.32. The topological polar surface area (TPSA) is 93.0 Å². The summed E-state index contributed by atoms with van der Waals surface area (Å²) in [4.78, 5) is 13.5. The van der Waals surface area contributed by atoms with E-state index in [0.29, 0.717) is 45.1 Å². The number of nitro benzene ring substituents is 1. The zero-order valence-electron chi connectivity index (χ0n) is 27.4. The predicted molar refractivity (Wildman–Crippen MR) is 179 cm³/mol. The van der Waals surface area contributed by atoms with E-state index in [0.717, 1.165) is 38.5 Å². The van der Waals surface area contributed by atoms with E-state index in [9.17, 15) is 18.5 Å². The average molecular weight is 624 g/mol. The molecule has 1 fully saturated rings. The summed E-state index contributed by atoms with van der Waals surface area (Å²) in [5, 5.41) is 12.0. The molecular formula is C34H61N3O5S. The minimum absolute atomic E-state index is 0.0235. The van der Waals surface area contributed by atoms with Gasteiger partial charge in [-0.2, -0.15) is 4.31 Å². The van der Waals surface area contributed by atoms with Crippen LogP contribution in [0.2, 0.25) is 0 Å². The number of anilines is 1. The molecule has 0 unspecified atom stereocenters. The van der Waals surface area contributed by atoms with Gasteiger partial charge in [0.15, 0.2) is 0 Å². The molecule has 8 nitrogen and oxygen atoms in total. The lowest BCUT2D eigenvalue weighted by molar-refractivity contribution is -0.384. The summed E-state index contributed by atoms with van der Waals surface area (Å²) in [6, 6.07) is 4.43. The summed E-state index contributed by atoms with van der Waals surface area (Å²) in [6.07, 6.45) is 23.9. The Morgan fingerprint density at radius 3 is 1.56 bits per heavy atom. The van der Waals surface area contributed by atoms with Crippen LogP contribution >= 0.6 is 0 Å². The number of nitro groups is 1. The van der Waals surface area contributed by atoms with Crippen LogP contribution < -0.4 is 4.90 Å². The first-order valence-electron chi connectivity index (χ1n) is 17.5. The van der Waals surface area contributed by atoms with E-state index in [2.05, 4.69) is 13.8 Å². The third-order valence-corrected chi connectivity index (χ3v) is 10.5. The highest BCUT2D eigenvalue weighted by Gasteiger charge is 2.29. The Morgan fingerprint density at radius 2 is 1.14 bits per heavy atom. The van der Waals surface area contributed by atoms with Gasteiger partial charge in [0, 0.05) is 32.2 Å². The Balaban J connectivity index is 1.96. The van der Waals surface area contributed by atoms with E-state index in [4.69, 9.17) is 4.74 Å². The van der Waals surface area contributed by atoms with Gasteiger partial charge in [-0.25, -0.2) is 8.42 Å². The molecule has 1 heterocycles. The second kappa shape index (κ2) is 22.7. The number of ether oxygens (including phenoxy) is 1. The van der Waals surface area contributed by atoms with Crippen molar-refractivity contribution in [2.45, 2.75) is 147 Å². The summed E-state index contributed by atoms with van der Waals surface area (Å²) in [6.45, 7) is 7.52. The van der Waals surface area contributed by atoms with Crippen molar-refractivity contribution in [1.82, 2.24) is 4.31 Å². The third-order valence-electron chi connectivity index (χ3n) is 8.66. The molecule has 2 rings (SSSR count). The Morgan fingerprint density at radius 1 is 0.721 bits per heavy atom. The van der Waals surface area contributed by atoms with Gasteiger partial charge in [-0.1, -0.05) is 129 Å². The second-order valence-electron chi connectivity index (χ2n) is 12.3. The van der Waals surface area contributed by atoms with Gasteiger partial charge in [0.25, 0.3) is 5.69 Å². The Hall–Kier alpha value is -1.71. The molecule has 0 atom stereocenters. The van der Waals surface area contributed by atoms with E-state index in [1.165, 1.54) is 96.0 Å². The molecule has 1 aromatic rings. The molecule has 1 aromatic carbocycles. The summed E-state index contributed by atoms with van der Waals surface area (Å²) in [7, 11) is -3.84. The minimum Gasteiger partial charge on any atom is -0.378 e. The minimum atomic E-state index is -3.84. The normalized spacial score (nSPS) is 14.1. The summed E-state index contributed by atoms with van der Waals surface area (Å²) < 4.78 is 34.7. The summed E-state index contributed by atoms with van der Waals surface area (Å²) >= 11 is 0. The lowest BCUT2D eigenvalue weighted by atomic mass is 10.1. The number of rotatable bonds is 26. The van der Waals surface area contributed by atoms with Crippen LogP contribution in [-0.4, -0.2) is 57.0 Å². The number of sulfonamides is 1. The van der Waals surface area contributed by atoms with Crippen molar-refractivity contribution in [2.24, 2.45) is 0 Å². The van der Waals surface area contributed by atoms with E-state index < -0.39 is 14.9 Å². The number of hydrogen-bond acceptors (Lipinski definition) is 6. The monoisotopic (exact) mass is 623 g/mol. The van der Waals surface area contributed by atoms with Crippen molar-refractivity contribution < 1.29 is 18.1 Å². The van der Waals surface area contributed by atoms with Gasteiger partial charge in [0.2, 0.25) is 10.0 Å². The molecule has 9 heteroatoms. The van der Waals surface area contributed by atoms with Crippen LogP contribution in [0.3, 0.4) is 0 Å². The van der Waals surface area contributed by atoms with Gasteiger partial charge in [-0.15, -0.1) is 0 Å². The van der Waals surface area contributed by atoms with Crippen LogP contribution in [0, 0.1) is 10.1 Å². The lowest BCUT2D eigenvalue weighted by Crippen LogP contribution is -2.36. The quantitative estimate of drug-likeness (QED) is 0.0580. The van der Waals surface area contributed by atoms with Crippen LogP contribution in [0.15, 0.2) is 23.1 Å². The third kappa shape index (κ3) is 14.7. The summed E-state index contributed by atoms with van der Waals surface area (Å²) in [5.74, 6) is 0. The van der Waals surface area contributed by atoms with Crippen molar-refractivity contribution in [3.05, 3.63) is 28.3 Å². The molecular weight excluding hydrogens is 562 g/mol. The fraction of sp³-hybridized carbons (Fsp3) is 0.824. The molecule has 1 aliphatic rings. The van der Waals surface area contributed by atoms with Crippen LogP contribution in [0.5, 0.6) is 0 Å². The SMILES string of the molecule is CCCCCCCCCCCCN(CCCCCCCCCCCC)S(=O)(=O)c1ccc(N2CCOCC2)c([N+](=O)[O-])c1. The zero-order valence-corrected chi connectivity index (χ0v) is 28.2. The molecule has 248 valence electrons. The van der Waals surface area contributed by atoms with Gasteiger partial charge in [0.1, 0.15) is 5.69 Å². The van der Waals surface area contributed by atoms with Crippen molar-refractivity contribution >= 4 is 21.4 Å². The van der Waals surface area contributed by atoms with Crippen molar-refractivity contribution in [3.8, 4) is 0 Å². The number of unbranched alkanes of at least 4 members (excludes halogenated alkanes) is 18. The molecule has 1 saturated heterocycles. The maximum atomic E-state index is 13.8. The van der Waals surface area contributed by atoms with E-state index in [-0.39, 0.29) is 10.6 Å². The number of benzene rings is 1. The fourth-order valence-corrected chi connectivity index (χ4v) is 7.47. The molecule has 0 spiro atoms. The molecule has 0 aliphatic carbocycles. The highest BCUT2D eigenvalue weighted by molar-refractivity contribution is 7.89. The van der Waals surface area contributed by atoms with Crippen LogP contribution in [-0.2, 0) is 14.8 Å². The molecule has 0 saturated carbocycles. The summed E-state index contributed by atoms with van der Waals surface area (Å²) in [5.41, 5.74) is 0.309. The number of hydrogen-bond donors (Lipinski definition) is 0. The average Bonchev–Trinajstić information content (AvgIpc) is 3.01. The number of morpholine rings is 1. The van der Waals surface area contributed by atoms with Gasteiger partial charge in [-0.3, -0.25) is 10.1 Å². The second-order valence-corrected chi connectivity index (χ2v) is 14.2. The van der Waals surface area contributed by atoms with Crippen molar-refractivity contribution in [2.75, 3.05) is 44.3 Å². The van der Waals surface area contributed by atoms with Crippen LogP contribution in [0.25, 0.3) is 0 Å². The molecule has 0 N–H and O–H groups in total. The van der Waals surface area contributed by atoms with Gasteiger partial charge >= 0.3 is 0 Å². The smallest absolute Gasteiger partial charge is 0.293 e. The highest BCUT2D eigenvalue weighted by atomic mass is 32.2. The lowest BCUT2D eigenvalue weighted by Gasteiger charge is -2.29. The Labute approximate surface area is 263 Å². The van der Waals surface area contributed by atoms with Crippen LogP contribution in [0.4, 0.5) is 11.4 Å². The molecule has 43 heavy (non-hydrogen) atoms. The first-order chi connectivity index (χ1) is 20.9. The maximum absolute atomic E-state index is 13.8. The first kappa shape index (κ1) is 37.5. The fourth-order valence-electron chi connectivity index (χ4n) is 5.93. The maximum Gasteiger partial charge on any atom is 0.293 e. The van der Waals surface area contributed by atoms with Crippen LogP contribution in [0.1, 0.15) is 142 Å². The largest absolute Gasteiger partial charge is 0.378 e. The van der Waals surface area contributed by atoms with Gasteiger partial charge in [-0.05, 0) is 25.0 Å². The zero-order chi connectivity index (χ0) is 31.2. The van der Waals surface area contributed by atoms with E-state index in [1.54, 1.807) is 16.4 Å². The van der Waals surface area contributed by atoms with Crippen molar-refractivity contribution in [1.29, 1.82) is 0 Å². The van der Waals surface area contributed by atoms with E-state index in [1.807, 2.05) is 4.90 Å². The van der Waals surface area contributed by atoms with Crippen molar-refractivity contribution in [3.63, 3.8) is 0 Å². The number of nitrogens with zero attached hydrogens (tertiary/aromatic N) is 3. The Kier molecular flexibility index (Phi) is 19.8. The Bertz CT molecular complexity index is 958. The van der Waals surface area contributed by atoms with Gasteiger partial charge in [0.05, 0.1) is 23.0 Å². The molecule has 1 aliphatic heterocycles. The molecule has 0 aromatic heterocycles.